The third kappa shape index (κ3) is 8.61. The second kappa shape index (κ2) is 16.3. The van der Waals surface area contributed by atoms with Gasteiger partial charge in [0.2, 0.25) is 23.6 Å². The molecule has 4 heterocycles. The van der Waals surface area contributed by atoms with E-state index >= 15 is 0 Å². The summed E-state index contributed by atoms with van der Waals surface area (Å²) in [7, 11) is 2.88. The number of hydrogen-bond donors (Lipinski definition) is 4. The summed E-state index contributed by atoms with van der Waals surface area (Å²) in [5.74, 6) is -2.75. The second-order valence-electron chi connectivity index (χ2n) is 12.8. The van der Waals surface area contributed by atoms with E-state index < -0.39 is 57.5 Å². The maximum absolute atomic E-state index is 14.3. The van der Waals surface area contributed by atoms with Gasteiger partial charge in [-0.1, -0.05) is 75.2 Å². The Kier molecular flexibility index (Phi) is 12.5. The van der Waals surface area contributed by atoms with E-state index in [1.54, 1.807) is 76.2 Å². The average Bonchev–Trinajstić information content (AvgIpc) is 3.10. The summed E-state index contributed by atoms with van der Waals surface area (Å²) in [6.07, 6.45) is 0. The number of nitrogens with zero attached hydrogens (tertiary/aromatic N) is 2. The highest BCUT2D eigenvalue weighted by atomic mass is 35.5. The molecular formula is C36H35Cl3F2N6O6. The van der Waals surface area contributed by atoms with Gasteiger partial charge in [-0.15, -0.1) is 0 Å². The number of imide groups is 1. The van der Waals surface area contributed by atoms with E-state index in [1.165, 1.54) is 26.2 Å². The summed E-state index contributed by atoms with van der Waals surface area (Å²) in [6, 6.07) is 15.1. The van der Waals surface area contributed by atoms with Crippen LogP contribution >= 0.6 is 34.8 Å². The smallest absolute Gasteiger partial charge is 0.321 e. The van der Waals surface area contributed by atoms with Crippen molar-refractivity contribution in [2.75, 3.05) is 14.1 Å². The van der Waals surface area contributed by atoms with E-state index in [-0.39, 0.29) is 33.6 Å². The summed E-state index contributed by atoms with van der Waals surface area (Å²) in [5, 5.41) is 6.68. The number of urea groups is 1. The van der Waals surface area contributed by atoms with E-state index in [2.05, 4.69) is 25.9 Å². The fourth-order valence-corrected chi connectivity index (χ4v) is 6.14. The molecule has 2 aromatic heterocycles. The number of halogens is 5. The van der Waals surface area contributed by atoms with Crippen LogP contribution in [0.15, 0.2) is 60.7 Å². The number of amides is 5. The molecule has 4 aromatic rings. The van der Waals surface area contributed by atoms with Crippen LogP contribution in [-0.4, -0.2) is 47.3 Å². The lowest BCUT2D eigenvalue weighted by Gasteiger charge is -2.37. The van der Waals surface area contributed by atoms with Crippen molar-refractivity contribution in [3.63, 3.8) is 0 Å². The molecule has 0 radical (unpaired) electrons. The first-order valence-electron chi connectivity index (χ1n) is 15.8. The molecule has 5 amide bonds. The van der Waals surface area contributed by atoms with E-state index in [0.29, 0.717) is 22.3 Å². The fraction of sp³-hybridized carbons (Fsp3) is 0.278. The Labute approximate surface area is 318 Å². The van der Waals surface area contributed by atoms with Gasteiger partial charge in [0, 0.05) is 48.2 Å². The number of carbonyl (C=O) groups is 4. The van der Waals surface area contributed by atoms with Crippen LogP contribution < -0.4 is 31.2 Å². The number of para-hydroxylation sites is 2. The number of ether oxygens (including phenoxy) is 2. The molecule has 53 heavy (non-hydrogen) atoms. The summed E-state index contributed by atoms with van der Waals surface area (Å²) in [5.41, 5.74) is 5.82. The van der Waals surface area contributed by atoms with Gasteiger partial charge in [0.1, 0.15) is 10.3 Å². The molecule has 0 fully saturated rings. The Balaban J connectivity index is 0.000000212. The predicted molar refractivity (Wildman–Crippen MR) is 195 cm³/mol. The first-order valence-corrected chi connectivity index (χ1v) is 16.9. The summed E-state index contributed by atoms with van der Waals surface area (Å²) in [6.45, 7) is 6.79. The van der Waals surface area contributed by atoms with Crippen molar-refractivity contribution < 1.29 is 37.4 Å². The van der Waals surface area contributed by atoms with Crippen LogP contribution in [0.3, 0.4) is 0 Å². The molecule has 0 saturated carbocycles. The topological polar surface area (TPSA) is 175 Å². The van der Waals surface area contributed by atoms with Gasteiger partial charge in [0.15, 0.2) is 23.1 Å². The number of rotatable bonds is 4. The van der Waals surface area contributed by atoms with Crippen LogP contribution in [0.25, 0.3) is 0 Å². The molecule has 280 valence electrons. The molecule has 2 aromatic carbocycles. The zero-order valence-corrected chi connectivity index (χ0v) is 31.5. The van der Waals surface area contributed by atoms with Gasteiger partial charge in [-0.05, 0) is 48.0 Å². The van der Waals surface area contributed by atoms with E-state index in [1.807, 2.05) is 0 Å². The normalized spacial score (nSPS) is 15.0. The highest BCUT2D eigenvalue weighted by Crippen LogP contribution is 2.53. The van der Waals surface area contributed by atoms with Crippen LogP contribution in [0.5, 0.6) is 23.3 Å². The molecule has 12 nitrogen and oxygen atoms in total. The van der Waals surface area contributed by atoms with Crippen LogP contribution in [0.2, 0.25) is 10.3 Å². The molecular weight excluding hydrogens is 757 g/mol. The first-order chi connectivity index (χ1) is 24.8. The number of carbonyl (C=O) groups excluding carboxylic acids is 4. The third-order valence-corrected chi connectivity index (χ3v) is 9.27. The lowest BCUT2D eigenvalue weighted by atomic mass is 9.69. The van der Waals surface area contributed by atoms with Gasteiger partial charge >= 0.3 is 11.4 Å². The number of benzene rings is 2. The Hall–Kier alpha value is -5.05. The summed E-state index contributed by atoms with van der Waals surface area (Å²) in [4.78, 5) is 54.0. The average molecular weight is 792 g/mol. The number of nitrogens with one attached hydrogen (secondary N) is 3. The van der Waals surface area contributed by atoms with Crippen molar-refractivity contribution in [2.45, 2.75) is 39.5 Å². The lowest BCUT2D eigenvalue weighted by molar-refractivity contribution is -0.129. The van der Waals surface area contributed by atoms with Gasteiger partial charge in [-0.3, -0.25) is 19.7 Å². The van der Waals surface area contributed by atoms with Gasteiger partial charge in [0.25, 0.3) is 0 Å². The van der Waals surface area contributed by atoms with Gasteiger partial charge < -0.3 is 25.8 Å². The van der Waals surface area contributed by atoms with Crippen LogP contribution in [-0.2, 0) is 9.59 Å². The maximum atomic E-state index is 14.3. The number of fused-ring (bicyclic) bond motifs is 4. The molecule has 2 atom stereocenters. The predicted octanol–water partition coefficient (Wildman–Crippen LogP) is 7.78. The minimum absolute atomic E-state index is 0.000541. The fourth-order valence-electron chi connectivity index (χ4n) is 5.86. The van der Waals surface area contributed by atoms with Crippen molar-refractivity contribution >= 4 is 58.0 Å². The molecule has 0 unspecified atom stereocenters. The van der Waals surface area contributed by atoms with Gasteiger partial charge in [-0.2, -0.15) is 0 Å². The highest BCUT2D eigenvalue weighted by Gasteiger charge is 2.46. The molecule has 5 N–H and O–H groups in total. The number of nitrogens with two attached hydrogens (primary N) is 1. The molecule has 0 saturated heterocycles. The van der Waals surface area contributed by atoms with E-state index in [9.17, 15) is 28.0 Å². The lowest BCUT2D eigenvalue weighted by Crippen LogP contribution is -2.47. The standard InChI is InChI=1S/C18H17ClFN3O3.C16H14ClFN2O2.C2H4ClNO/c1-18(2,16(24)23-17(25)21-3)13-9-5-4-6-11(20)14(9)26-15-10(13)7-8-12(19)22-15;1-16(2,15(19)21)12-8-4-3-5-10(18)13(8)22-14-9(12)6-7-11(17)20-14;1-4-2(3)5/h4-8,13H,1-3H3,(H2,21,23,24,25);3-7,12H,1-2H3,(H2,19,21);1H3,(H,4,5)/t13-;12-;/m00./s1. The Morgan fingerprint density at radius 2 is 1.11 bits per heavy atom. The first kappa shape index (κ1) is 40.7. The molecule has 0 spiro atoms. The minimum atomic E-state index is -1.11. The van der Waals surface area contributed by atoms with Gasteiger partial charge in [0.05, 0.1) is 10.8 Å². The molecule has 0 bridgehead atoms. The van der Waals surface area contributed by atoms with Crippen LogP contribution in [0.4, 0.5) is 18.4 Å². The SMILES string of the molecule is CC(C)(C(N)=O)[C@@H]1c2ccc(Cl)nc2Oc2c(F)cccc21.CNC(=O)Cl.CNC(=O)NC(=O)C(C)(C)[C@@H]1c2ccc(Cl)nc2Oc2c(F)cccc21. The van der Waals surface area contributed by atoms with Crippen molar-refractivity contribution in [1.29, 1.82) is 0 Å². The summed E-state index contributed by atoms with van der Waals surface area (Å²) >= 11 is 16.5. The number of aromatic nitrogens is 2. The van der Waals surface area contributed by atoms with Crippen LogP contribution in [0, 0.1) is 22.5 Å². The molecule has 2 aliphatic heterocycles. The molecule has 0 aliphatic carbocycles. The largest absolute Gasteiger partial charge is 0.435 e. The Bertz CT molecular complexity index is 2080. The van der Waals surface area contributed by atoms with Gasteiger partial charge in [-0.25, -0.2) is 23.5 Å². The molecule has 6 rings (SSSR count). The Morgan fingerprint density at radius 3 is 1.49 bits per heavy atom. The third-order valence-electron chi connectivity index (χ3n) is 8.66. The Morgan fingerprint density at radius 1 is 0.698 bits per heavy atom. The second-order valence-corrected chi connectivity index (χ2v) is 13.9. The maximum Gasteiger partial charge on any atom is 0.321 e. The quantitative estimate of drug-likeness (QED) is 0.0921. The molecule has 17 heteroatoms. The summed E-state index contributed by atoms with van der Waals surface area (Å²) < 4.78 is 39.7. The van der Waals surface area contributed by atoms with E-state index in [4.69, 9.17) is 50.0 Å². The number of hydrogen-bond acceptors (Lipinski definition) is 8. The number of pyridine rings is 2. The zero-order valence-electron chi connectivity index (χ0n) is 29.2. The zero-order chi connectivity index (χ0) is 39.4. The minimum Gasteiger partial charge on any atom is -0.435 e. The van der Waals surface area contributed by atoms with E-state index in [0.717, 1.165) is 0 Å². The van der Waals surface area contributed by atoms with Crippen molar-refractivity contribution in [2.24, 2.45) is 16.6 Å². The van der Waals surface area contributed by atoms with Crippen LogP contribution in [0.1, 0.15) is 61.8 Å². The highest BCUT2D eigenvalue weighted by molar-refractivity contribution is 6.62. The number of primary amides is 1. The van der Waals surface area contributed by atoms with Crippen molar-refractivity contribution in [1.82, 2.24) is 25.9 Å². The molecule has 2 aliphatic rings. The monoisotopic (exact) mass is 790 g/mol. The van der Waals surface area contributed by atoms with Crippen molar-refractivity contribution in [3.8, 4) is 23.3 Å². The van der Waals surface area contributed by atoms with Crippen molar-refractivity contribution in [3.05, 3.63) is 105 Å².